The van der Waals surface area contributed by atoms with E-state index in [-0.39, 0.29) is 29.8 Å². The summed E-state index contributed by atoms with van der Waals surface area (Å²) in [7, 11) is 1.56. The number of hydrogen-bond acceptors (Lipinski definition) is 3. The average molecular weight is 283 g/mol. The van der Waals surface area contributed by atoms with E-state index >= 15 is 0 Å². The Morgan fingerprint density at radius 1 is 1.26 bits per heavy atom. The third kappa shape index (κ3) is 2.63. The molecule has 19 heavy (non-hydrogen) atoms. The van der Waals surface area contributed by atoms with Crippen molar-refractivity contribution in [2.75, 3.05) is 7.11 Å². The van der Waals surface area contributed by atoms with Gasteiger partial charge >= 0.3 is 0 Å². The van der Waals surface area contributed by atoms with Crippen molar-refractivity contribution in [2.45, 2.75) is 33.0 Å². The van der Waals surface area contributed by atoms with E-state index in [4.69, 9.17) is 21.1 Å². The number of benzene rings is 1. The first-order chi connectivity index (χ1) is 8.95. The number of hydrogen-bond donors (Lipinski definition) is 0. The lowest BCUT2D eigenvalue weighted by atomic mass is 9.83. The molecular weight excluding hydrogens is 264 g/mol. The van der Waals surface area contributed by atoms with Crippen LogP contribution in [0.2, 0.25) is 5.02 Å². The monoisotopic (exact) mass is 282 g/mol. The molecule has 4 unspecified atom stereocenters. The van der Waals surface area contributed by atoms with E-state index in [0.29, 0.717) is 16.3 Å². The third-order valence-electron chi connectivity index (χ3n) is 3.97. The van der Waals surface area contributed by atoms with Gasteiger partial charge in [0, 0.05) is 5.02 Å². The van der Waals surface area contributed by atoms with E-state index in [1.165, 1.54) is 0 Å². The molecule has 0 spiro atoms. The standard InChI is InChI=1S/C15H19ClO3/c1-8-9(2)19-10(3)14(8)15(17)12-7-11(16)5-6-13(12)18-4/h5-10,14H,1-4H3. The van der Waals surface area contributed by atoms with Crippen LogP contribution in [0.15, 0.2) is 18.2 Å². The molecule has 1 aliphatic rings. The first-order valence-electron chi connectivity index (χ1n) is 6.49. The first kappa shape index (κ1) is 14.4. The highest BCUT2D eigenvalue weighted by molar-refractivity contribution is 6.31. The number of Topliss-reactive ketones (excluding diaryl/α,β-unsaturated/α-hetero) is 1. The van der Waals surface area contributed by atoms with Crippen LogP contribution in [0.5, 0.6) is 5.75 Å². The van der Waals surface area contributed by atoms with Crippen molar-refractivity contribution in [1.29, 1.82) is 0 Å². The minimum atomic E-state index is -0.151. The largest absolute Gasteiger partial charge is 0.496 e. The average Bonchev–Trinajstić information content (AvgIpc) is 2.62. The molecule has 1 aromatic rings. The van der Waals surface area contributed by atoms with E-state index in [1.54, 1.807) is 25.3 Å². The number of halogens is 1. The van der Waals surface area contributed by atoms with Crippen molar-refractivity contribution in [3.8, 4) is 5.75 Å². The molecule has 0 radical (unpaired) electrons. The van der Waals surface area contributed by atoms with Crippen molar-refractivity contribution >= 4 is 17.4 Å². The Morgan fingerprint density at radius 2 is 1.95 bits per heavy atom. The molecule has 0 aromatic heterocycles. The fourth-order valence-electron chi connectivity index (χ4n) is 2.77. The molecule has 3 nitrogen and oxygen atoms in total. The number of carbonyl (C=O) groups excluding carboxylic acids is 1. The van der Waals surface area contributed by atoms with E-state index in [1.807, 2.05) is 20.8 Å². The number of carbonyl (C=O) groups is 1. The van der Waals surface area contributed by atoms with Crippen LogP contribution in [0.25, 0.3) is 0 Å². The summed E-state index contributed by atoms with van der Waals surface area (Å²) < 4.78 is 11.0. The van der Waals surface area contributed by atoms with Crippen LogP contribution < -0.4 is 4.74 Å². The quantitative estimate of drug-likeness (QED) is 0.795. The Hall–Kier alpha value is -1.06. The molecule has 0 bridgehead atoms. The molecule has 1 aliphatic heterocycles. The number of methoxy groups -OCH3 is 1. The van der Waals surface area contributed by atoms with E-state index in [2.05, 4.69) is 0 Å². The zero-order valence-corrected chi connectivity index (χ0v) is 12.4. The van der Waals surface area contributed by atoms with Gasteiger partial charge in [-0.2, -0.15) is 0 Å². The second-order valence-corrected chi connectivity index (χ2v) is 5.58. The van der Waals surface area contributed by atoms with Crippen molar-refractivity contribution in [3.05, 3.63) is 28.8 Å². The molecule has 0 amide bonds. The first-order valence-corrected chi connectivity index (χ1v) is 6.86. The summed E-state index contributed by atoms with van der Waals surface area (Å²) in [6, 6.07) is 5.12. The minimum Gasteiger partial charge on any atom is -0.496 e. The zero-order chi connectivity index (χ0) is 14.2. The summed E-state index contributed by atoms with van der Waals surface area (Å²) in [5.41, 5.74) is 0.538. The van der Waals surface area contributed by atoms with Crippen molar-refractivity contribution in [2.24, 2.45) is 11.8 Å². The van der Waals surface area contributed by atoms with Gasteiger partial charge in [-0.1, -0.05) is 18.5 Å². The number of ketones is 1. The maximum Gasteiger partial charge on any atom is 0.172 e. The summed E-state index contributed by atoms with van der Waals surface area (Å²) in [5.74, 6) is 0.644. The predicted molar refractivity (Wildman–Crippen MR) is 75.0 cm³/mol. The topological polar surface area (TPSA) is 35.5 Å². The van der Waals surface area contributed by atoms with Crippen LogP contribution in [-0.2, 0) is 4.74 Å². The van der Waals surface area contributed by atoms with Gasteiger partial charge in [-0.3, -0.25) is 4.79 Å². The van der Waals surface area contributed by atoms with Crippen molar-refractivity contribution in [1.82, 2.24) is 0 Å². The van der Waals surface area contributed by atoms with E-state index < -0.39 is 0 Å². The Bertz CT molecular complexity index is 486. The van der Waals surface area contributed by atoms with Gasteiger partial charge in [-0.05, 0) is 38.0 Å². The van der Waals surface area contributed by atoms with Crippen LogP contribution in [-0.4, -0.2) is 25.1 Å². The van der Waals surface area contributed by atoms with Crippen LogP contribution >= 0.6 is 11.6 Å². The summed E-state index contributed by atoms with van der Waals surface area (Å²) in [5, 5.41) is 0.538. The molecule has 1 fully saturated rings. The maximum absolute atomic E-state index is 12.7. The van der Waals surface area contributed by atoms with Gasteiger partial charge < -0.3 is 9.47 Å². The molecule has 0 saturated carbocycles. The number of rotatable bonds is 3. The molecule has 0 aliphatic carbocycles. The Kier molecular flexibility index (Phi) is 4.16. The minimum absolute atomic E-state index is 0.0451. The molecule has 4 atom stereocenters. The Balaban J connectivity index is 2.36. The Labute approximate surface area is 118 Å². The van der Waals surface area contributed by atoms with Gasteiger partial charge in [0.1, 0.15) is 5.75 Å². The lowest BCUT2D eigenvalue weighted by molar-refractivity contribution is 0.0490. The van der Waals surface area contributed by atoms with Crippen LogP contribution in [0.4, 0.5) is 0 Å². The van der Waals surface area contributed by atoms with Crippen LogP contribution in [0.1, 0.15) is 31.1 Å². The second-order valence-electron chi connectivity index (χ2n) is 5.14. The summed E-state index contributed by atoms with van der Waals surface area (Å²) >= 11 is 5.99. The highest BCUT2D eigenvalue weighted by Crippen LogP contribution is 2.36. The fraction of sp³-hybridized carbons (Fsp3) is 0.533. The summed E-state index contributed by atoms with van der Waals surface area (Å²) in [6.07, 6.45) is 0.00955. The van der Waals surface area contributed by atoms with Gasteiger partial charge in [0.15, 0.2) is 5.78 Å². The zero-order valence-electron chi connectivity index (χ0n) is 11.6. The molecular formula is C15H19ClO3. The molecule has 104 valence electrons. The molecule has 1 heterocycles. The lowest BCUT2D eigenvalue weighted by Crippen LogP contribution is -2.27. The van der Waals surface area contributed by atoms with Crippen LogP contribution in [0.3, 0.4) is 0 Å². The highest BCUT2D eigenvalue weighted by Gasteiger charge is 2.42. The lowest BCUT2D eigenvalue weighted by Gasteiger charge is -2.18. The van der Waals surface area contributed by atoms with E-state index in [9.17, 15) is 4.79 Å². The maximum atomic E-state index is 12.7. The van der Waals surface area contributed by atoms with Gasteiger partial charge in [-0.15, -0.1) is 0 Å². The summed E-state index contributed by atoms with van der Waals surface area (Å²) in [4.78, 5) is 12.7. The second kappa shape index (κ2) is 5.51. The molecule has 2 rings (SSSR count). The molecule has 1 saturated heterocycles. The van der Waals surface area contributed by atoms with E-state index in [0.717, 1.165) is 0 Å². The third-order valence-corrected chi connectivity index (χ3v) is 4.21. The summed E-state index contributed by atoms with van der Waals surface area (Å²) in [6.45, 7) is 6.00. The normalized spacial score (nSPS) is 30.4. The van der Waals surface area contributed by atoms with Gasteiger partial charge in [0.05, 0.1) is 30.8 Å². The SMILES string of the molecule is COc1ccc(Cl)cc1C(=O)C1C(C)OC(C)C1C. The Morgan fingerprint density at radius 3 is 2.47 bits per heavy atom. The number of ether oxygens (including phenoxy) is 2. The molecule has 1 aromatic carbocycles. The van der Waals surface area contributed by atoms with Crippen molar-refractivity contribution < 1.29 is 14.3 Å². The molecule has 0 N–H and O–H groups in total. The fourth-order valence-corrected chi connectivity index (χ4v) is 2.94. The predicted octanol–water partition coefficient (Wildman–Crippen LogP) is 3.59. The smallest absolute Gasteiger partial charge is 0.172 e. The molecule has 4 heteroatoms. The van der Waals surface area contributed by atoms with Gasteiger partial charge in [0.25, 0.3) is 0 Å². The van der Waals surface area contributed by atoms with Crippen LogP contribution in [0, 0.1) is 11.8 Å². The highest BCUT2D eigenvalue weighted by atomic mass is 35.5. The van der Waals surface area contributed by atoms with Gasteiger partial charge in [0.2, 0.25) is 0 Å². The van der Waals surface area contributed by atoms with Crippen molar-refractivity contribution in [3.63, 3.8) is 0 Å². The van der Waals surface area contributed by atoms with Gasteiger partial charge in [-0.25, -0.2) is 0 Å².